The zero-order valence-corrected chi connectivity index (χ0v) is 8.83. The van der Waals surface area contributed by atoms with Crippen molar-refractivity contribution in [3.63, 3.8) is 0 Å². The summed E-state index contributed by atoms with van der Waals surface area (Å²) in [6, 6.07) is 0. The second-order valence-electron chi connectivity index (χ2n) is 3.14. The SMILES string of the molecule is CC(O)(CCO)OCCCS(=O)(=O)O.[NaH]. The van der Waals surface area contributed by atoms with E-state index in [2.05, 4.69) is 0 Å². The Morgan fingerprint density at radius 2 is 1.93 bits per heavy atom. The van der Waals surface area contributed by atoms with Crippen molar-refractivity contribution in [3.05, 3.63) is 0 Å². The quantitative estimate of drug-likeness (QED) is 0.226. The molecule has 0 rings (SSSR count). The fraction of sp³-hybridized carbons (Fsp3) is 1.00. The van der Waals surface area contributed by atoms with Crippen LogP contribution >= 0.6 is 0 Å². The summed E-state index contributed by atoms with van der Waals surface area (Å²) in [5.41, 5.74) is 0. The fourth-order valence-electron chi connectivity index (χ4n) is 0.813. The number of aliphatic hydroxyl groups excluding tert-OH is 1. The number of rotatable bonds is 7. The molecule has 0 aromatic rings. The molecule has 3 N–H and O–H groups in total. The first-order valence-corrected chi connectivity index (χ1v) is 5.80. The third-order valence-electron chi connectivity index (χ3n) is 1.54. The van der Waals surface area contributed by atoms with E-state index in [0.29, 0.717) is 0 Å². The summed E-state index contributed by atoms with van der Waals surface area (Å²) in [7, 11) is -3.97. The second kappa shape index (κ2) is 7.97. The normalized spacial score (nSPS) is 15.5. The van der Waals surface area contributed by atoms with Gasteiger partial charge >= 0.3 is 29.6 Å². The van der Waals surface area contributed by atoms with E-state index in [1.165, 1.54) is 6.92 Å². The number of aliphatic hydroxyl groups is 2. The van der Waals surface area contributed by atoms with E-state index in [0.717, 1.165) is 0 Å². The molecule has 0 aliphatic heterocycles. The first-order chi connectivity index (χ1) is 6.27. The van der Waals surface area contributed by atoms with Crippen LogP contribution in [0.5, 0.6) is 0 Å². The molecule has 6 nitrogen and oxygen atoms in total. The van der Waals surface area contributed by atoms with Gasteiger partial charge in [0.2, 0.25) is 0 Å². The van der Waals surface area contributed by atoms with Gasteiger partial charge in [-0.05, 0) is 13.3 Å². The van der Waals surface area contributed by atoms with Gasteiger partial charge < -0.3 is 14.9 Å². The standard InChI is InChI=1S/C7H16O6S.Na.H/c1-7(9,3-4-8)13-5-2-6-14(10,11)12;;/h8-9H,2-6H2,1H3,(H,10,11,12);;. The molecular formula is C7H17NaO6S. The molecule has 15 heavy (non-hydrogen) atoms. The average molecular weight is 252 g/mol. The average Bonchev–Trinajstić information content (AvgIpc) is 1.96. The van der Waals surface area contributed by atoms with Crippen LogP contribution in [0.15, 0.2) is 0 Å². The van der Waals surface area contributed by atoms with Gasteiger partial charge in [0.05, 0.1) is 12.4 Å². The van der Waals surface area contributed by atoms with E-state index in [9.17, 15) is 13.5 Å². The third kappa shape index (κ3) is 12.7. The molecule has 0 aliphatic rings. The Balaban J connectivity index is 0. The van der Waals surface area contributed by atoms with Crippen molar-refractivity contribution in [2.75, 3.05) is 19.0 Å². The van der Waals surface area contributed by atoms with Crippen molar-refractivity contribution in [2.24, 2.45) is 0 Å². The maximum atomic E-state index is 10.3. The minimum atomic E-state index is -3.97. The summed E-state index contributed by atoms with van der Waals surface area (Å²) in [5.74, 6) is -1.85. The molecule has 1 atom stereocenters. The second-order valence-corrected chi connectivity index (χ2v) is 4.71. The van der Waals surface area contributed by atoms with Gasteiger partial charge in [0.15, 0.2) is 5.79 Å². The van der Waals surface area contributed by atoms with Crippen LogP contribution in [0.4, 0.5) is 0 Å². The molecule has 0 aromatic carbocycles. The number of ether oxygens (including phenoxy) is 1. The van der Waals surface area contributed by atoms with Crippen molar-refractivity contribution in [3.8, 4) is 0 Å². The van der Waals surface area contributed by atoms with Gasteiger partial charge in [0, 0.05) is 13.0 Å². The van der Waals surface area contributed by atoms with E-state index in [-0.39, 0.29) is 55.6 Å². The van der Waals surface area contributed by atoms with E-state index >= 15 is 0 Å². The molecule has 0 saturated carbocycles. The maximum absolute atomic E-state index is 10.3. The van der Waals surface area contributed by atoms with Crippen LogP contribution in [-0.4, -0.2) is 77.5 Å². The van der Waals surface area contributed by atoms with Gasteiger partial charge in [-0.3, -0.25) is 4.55 Å². The molecule has 8 heteroatoms. The summed E-state index contributed by atoms with van der Waals surface area (Å²) in [6.45, 7) is 1.16. The molecule has 0 fully saturated rings. The first kappa shape index (κ1) is 18.2. The van der Waals surface area contributed by atoms with Crippen LogP contribution in [0.1, 0.15) is 19.8 Å². The van der Waals surface area contributed by atoms with Crippen LogP contribution in [0.2, 0.25) is 0 Å². The van der Waals surface area contributed by atoms with Crippen LogP contribution in [0, 0.1) is 0 Å². The van der Waals surface area contributed by atoms with Gasteiger partial charge in [-0.1, -0.05) is 0 Å². The van der Waals surface area contributed by atoms with Crippen molar-refractivity contribution in [1.82, 2.24) is 0 Å². The molecule has 0 bridgehead atoms. The molecule has 0 saturated heterocycles. The molecule has 0 heterocycles. The Bertz CT molecular complexity index is 250. The van der Waals surface area contributed by atoms with E-state index < -0.39 is 21.7 Å². The topological polar surface area (TPSA) is 104 Å². The monoisotopic (exact) mass is 252 g/mol. The number of hydrogen-bond acceptors (Lipinski definition) is 5. The Morgan fingerprint density at radius 3 is 2.33 bits per heavy atom. The van der Waals surface area contributed by atoms with E-state index in [1.807, 2.05) is 0 Å². The molecule has 0 amide bonds. The van der Waals surface area contributed by atoms with Crippen molar-refractivity contribution in [2.45, 2.75) is 25.6 Å². The predicted molar refractivity (Wildman–Crippen MR) is 56.5 cm³/mol. The van der Waals surface area contributed by atoms with Crippen molar-refractivity contribution >= 4 is 39.7 Å². The Morgan fingerprint density at radius 1 is 1.40 bits per heavy atom. The summed E-state index contributed by atoms with van der Waals surface area (Å²) in [4.78, 5) is 0. The van der Waals surface area contributed by atoms with Crippen LogP contribution < -0.4 is 0 Å². The number of hydrogen-bond donors (Lipinski definition) is 3. The van der Waals surface area contributed by atoms with Crippen LogP contribution in [-0.2, 0) is 14.9 Å². The van der Waals surface area contributed by atoms with E-state index in [1.54, 1.807) is 0 Å². The molecular weight excluding hydrogens is 235 g/mol. The fourth-order valence-corrected chi connectivity index (χ4v) is 1.30. The zero-order valence-electron chi connectivity index (χ0n) is 8.01. The molecule has 0 radical (unpaired) electrons. The Hall–Kier alpha value is 0.790. The van der Waals surface area contributed by atoms with Crippen molar-refractivity contribution in [1.29, 1.82) is 0 Å². The summed E-state index contributed by atoms with van der Waals surface area (Å²) >= 11 is 0. The molecule has 0 aromatic heterocycles. The first-order valence-electron chi connectivity index (χ1n) is 4.19. The summed E-state index contributed by atoms with van der Waals surface area (Å²) < 4.78 is 33.8. The summed E-state index contributed by atoms with van der Waals surface area (Å²) in [6.07, 6.45) is 0.152. The van der Waals surface area contributed by atoms with E-state index in [4.69, 9.17) is 14.4 Å². The van der Waals surface area contributed by atoms with Crippen LogP contribution in [0.3, 0.4) is 0 Å². The van der Waals surface area contributed by atoms with Gasteiger partial charge in [-0.2, -0.15) is 8.42 Å². The molecule has 88 valence electrons. The Kier molecular flexibility index (Phi) is 9.65. The van der Waals surface area contributed by atoms with Crippen molar-refractivity contribution < 1.29 is 27.9 Å². The Labute approximate surface area is 112 Å². The van der Waals surface area contributed by atoms with Gasteiger partial charge in [0.1, 0.15) is 0 Å². The molecule has 1 unspecified atom stereocenters. The zero-order chi connectivity index (χ0) is 11.2. The third-order valence-corrected chi connectivity index (χ3v) is 2.34. The van der Waals surface area contributed by atoms with Crippen LogP contribution in [0.25, 0.3) is 0 Å². The van der Waals surface area contributed by atoms with Gasteiger partial charge in [-0.15, -0.1) is 0 Å². The van der Waals surface area contributed by atoms with Gasteiger partial charge in [-0.25, -0.2) is 0 Å². The summed E-state index contributed by atoms with van der Waals surface area (Å²) in [5, 5.41) is 17.9. The molecule has 0 spiro atoms. The predicted octanol–water partition coefficient (Wildman–Crippen LogP) is -1.28. The van der Waals surface area contributed by atoms with Gasteiger partial charge in [0.25, 0.3) is 10.1 Å². The minimum absolute atomic E-state index is 0. The molecule has 0 aliphatic carbocycles.